The quantitative estimate of drug-likeness (QED) is 0.0321. The summed E-state index contributed by atoms with van der Waals surface area (Å²) >= 11 is 0. The Balaban J connectivity index is 4.14. The first kappa shape index (κ1) is 56.5. The molecule has 1 amide bonds. The largest absolute Gasteiger partial charge is 0.472 e. The Bertz CT molecular complexity index is 901. The smallest absolute Gasteiger partial charge is 0.391 e. The van der Waals surface area contributed by atoms with Crippen LogP contribution < -0.4 is 5.32 Å². The van der Waals surface area contributed by atoms with Gasteiger partial charge in [0, 0.05) is 6.42 Å². The van der Waals surface area contributed by atoms with Crippen LogP contribution in [0.4, 0.5) is 0 Å². The molecule has 3 unspecified atom stereocenters. The molecule has 0 aliphatic heterocycles. The van der Waals surface area contributed by atoms with E-state index in [1.807, 2.05) is 21.1 Å². The van der Waals surface area contributed by atoms with Crippen LogP contribution in [0.3, 0.4) is 0 Å². The molecule has 0 radical (unpaired) electrons. The Labute approximate surface area is 355 Å². The van der Waals surface area contributed by atoms with E-state index in [4.69, 9.17) is 9.05 Å². The first-order chi connectivity index (χ1) is 27.5. The number of phosphoric acid groups is 1. The van der Waals surface area contributed by atoms with Crippen LogP contribution in [0.2, 0.25) is 0 Å². The lowest BCUT2D eigenvalue weighted by Gasteiger charge is -2.26. The van der Waals surface area contributed by atoms with Gasteiger partial charge in [0.25, 0.3) is 0 Å². The van der Waals surface area contributed by atoms with Crippen LogP contribution in [0, 0.1) is 0 Å². The van der Waals surface area contributed by atoms with Crippen LogP contribution in [0.25, 0.3) is 0 Å². The summed E-state index contributed by atoms with van der Waals surface area (Å²) in [7, 11) is 1.63. The van der Waals surface area contributed by atoms with Gasteiger partial charge < -0.3 is 19.8 Å². The van der Waals surface area contributed by atoms with Crippen molar-refractivity contribution in [2.45, 2.75) is 264 Å². The van der Waals surface area contributed by atoms with Gasteiger partial charge in [0.15, 0.2) is 0 Å². The summed E-state index contributed by atoms with van der Waals surface area (Å²) in [4.78, 5) is 23.2. The molecule has 57 heavy (non-hydrogen) atoms. The molecule has 0 saturated carbocycles. The van der Waals surface area contributed by atoms with Gasteiger partial charge in [-0.1, -0.05) is 232 Å². The number of carbonyl (C=O) groups excluding carboxylic acids is 1. The molecule has 8 nitrogen and oxygen atoms in total. The van der Waals surface area contributed by atoms with Gasteiger partial charge >= 0.3 is 7.82 Å². The van der Waals surface area contributed by atoms with Gasteiger partial charge in [0.1, 0.15) is 13.2 Å². The maximum absolute atomic E-state index is 12.9. The number of hydrogen-bond donors (Lipinski definition) is 3. The standard InChI is InChI=1S/C48H99N2O6P/c1-6-8-10-12-14-16-18-20-21-22-23-24-25-26-27-28-29-30-32-34-36-38-40-42-48(52)49-46(45-56-57(53,54)55-44-43-50(3,4)5)47(51)41-39-37-35-33-31-19-17-15-13-11-9-7-2/h46-47,51H,6-45H2,1-5H3,(H-,49,52,53,54)/p+1. The number of rotatable bonds is 46. The number of nitrogens with zero attached hydrogens (tertiary/aromatic N) is 1. The number of quaternary nitrogens is 1. The highest BCUT2D eigenvalue weighted by Crippen LogP contribution is 2.43. The number of nitrogens with one attached hydrogen (secondary N) is 1. The zero-order valence-corrected chi connectivity index (χ0v) is 39.8. The van der Waals surface area contributed by atoms with E-state index in [0.29, 0.717) is 23.9 Å². The lowest BCUT2D eigenvalue weighted by atomic mass is 10.0. The fourth-order valence-electron chi connectivity index (χ4n) is 7.64. The minimum Gasteiger partial charge on any atom is -0.391 e. The van der Waals surface area contributed by atoms with E-state index >= 15 is 0 Å². The van der Waals surface area contributed by atoms with Crippen molar-refractivity contribution in [2.24, 2.45) is 0 Å². The molecule has 3 atom stereocenters. The highest BCUT2D eigenvalue weighted by molar-refractivity contribution is 7.47. The van der Waals surface area contributed by atoms with Crippen molar-refractivity contribution in [3.8, 4) is 0 Å². The predicted molar refractivity (Wildman–Crippen MR) is 245 cm³/mol. The number of hydrogen-bond acceptors (Lipinski definition) is 5. The molecule has 0 aromatic carbocycles. The first-order valence-corrected chi connectivity index (χ1v) is 26.4. The SMILES string of the molecule is CCCCCCCCCCCCCCCCCCCCCCCCCC(=O)NC(COP(=O)(O)OCC[N+](C)(C)C)C(O)CCCCCCCCCCCCCC. The number of aliphatic hydroxyl groups excluding tert-OH is 1. The molecule has 0 fully saturated rings. The molecular formula is C48H100N2O6P+. The van der Waals surface area contributed by atoms with Crippen LogP contribution in [-0.2, 0) is 18.4 Å². The van der Waals surface area contributed by atoms with Gasteiger partial charge in [0.2, 0.25) is 5.91 Å². The Morgan fingerprint density at radius 3 is 1.18 bits per heavy atom. The zero-order chi connectivity index (χ0) is 42.1. The number of aliphatic hydroxyl groups is 1. The highest BCUT2D eigenvalue weighted by Gasteiger charge is 2.28. The van der Waals surface area contributed by atoms with Crippen LogP contribution in [0.5, 0.6) is 0 Å². The van der Waals surface area contributed by atoms with Crippen molar-refractivity contribution in [3.05, 3.63) is 0 Å². The van der Waals surface area contributed by atoms with Crippen LogP contribution in [0.1, 0.15) is 251 Å². The molecule has 9 heteroatoms. The number of unbranched alkanes of at least 4 members (excludes halogenated alkanes) is 33. The summed E-state index contributed by atoms with van der Waals surface area (Å²) in [6.07, 6.45) is 45.7. The molecular weight excluding hydrogens is 732 g/mol. The lowest BCUT2D eigenvalue weighted by molar-refractivity contribution is -0.870. The van der Waals surface area contributed by atoms with Gasteiger partial charge in [-0.2, -0.15) is 0 Å². The van der Waals surface area contributed by atoms with Gasteiger partial charge in [-0.15, -0.1) is 0 Å². The Morgan fingerprint density at radius 1 is 0.526 bits per heavy atom. The minimum absolute atomic E-state index is 0.0786. The molecule has 0 aliphatic rings. The molecule has 0 heterocycles. The zero-order valence-electron chi connectivity index (χ0n) is 38.9. The Morgan fingerprint density at radius 2 is 0.842 bits per heavy atom. The third-order valence-corrected chi connectivity index (χ3v) is 12.6. The van der Waals surface area contributed by atoms with Crippen molar-refractivity contribution >= 4 is 13.7 Å². The normalized spacial score (nSPS) is 14.2. The molecule has 0 aromatic rings. The number of carbonyl (C=O) groups is 1. The molecule has 0 rings (SSSR count). The predicted octanol–water partition coefficient (Wildman–Crippen LogP) is 14.1. The van der Waals surface area contributed by atoms with E-state index in [1.54, 1.807) is 0 Å². The Kier molecular flexibility index (Phi) is 40.5. The second-order valence-electron chi connectivity index (χ2n) is 18.6. The van der Waals surface area contributed by atoms with E-state index in [2.05, 4.69) is 19.2 Å². The average Bonchev–Trinajstić information content (AvgIpc) is 3.16. The third-order valence-electron chi connectivity index (χ3n) is 11.6. The molecule has 0 spiro atoms. The summed E-state index contributed by atoms with van der Waals surface area (Å²) in [6.45, 7) is 4.91. The minimum atomic E-state index is -4.31. The van der Waals surface area contributed by atoms with E-state index in [-0.39, 0.29) is 19.1 Å². The average molecular weight is 832 g/mol. The van der Waals surface area contributed by atoms with E-state index in [9.17, 15) is 19.4 Å². The summed E-state index contributed by atoms with van der Waals surface area (Å²) in [6, 6.07) is -0.753. The summed E-state index contributed by atoms with van der Waals surface area (Å²) in [5.74, 6) is -0.139. The fourth-order valence-corrected chi connectivity index (χ4v) is 8.37. The fraction of sp³-hybridized carbons (Fsp3) is 0.979. The van der Waals surface area contributed by atoms with E-state index in [0.717, 1.165) is 38.5 Å². The second-order valence-corrected chi connectivity index (χ2v) is 20.0. The summed E-state index contributed by atoms with van der Waals surface area (Å²) in [5.41, 5.74) is 0. The maximum Gasteiger partial charge on any atom is 0.472 e. The van der Waals surface area contributed by atoms with Gasteiger partial charge in [-0.3, -0.25) is 13.8 Å². The van der Waals surface area contributed by atoms with Crippen LogP contribution in [-0.4, -0.2) is 73.4 Å². The second kappa shape index (κ2) is 40.9. The van der Waals surface area contributed by atoms with Crippen LogP contribution >= 0.6 is 7.82 Å². The van der Waals surface area contributed by atoms with Gasteiger partial charge in [0.05, 0.1) is 39.9 Å². The van der Waals surface area contributed by atoms with Crippen molar-refractivity contribution in [2.75, 3.05) is 40.9 Å². The molecule has 0 bridgehead atoms. The first-order valence-electron chi connectivity index (χ1n) is 24.9. The van der Waals surface area contributed by atoms with Crippen molar-refractivity contribution in [1.82, 2.24) is 5.32 Å². The maximum atomic E-state index is 12.9. The molecule has 0 aromatic heterocycles. The van der Waals surface area contributed by atoms with Crippen molar-refractivity contribution in [3.63, 3.8) is 0 Å². The highest BCUT2D eigenvalue weighted by atomic mass is 31.2. The summed E-state index contributed by atoms with van der Waals surface area (Å²) < 4.78 is 23.7. The molecule has 0 aliphatic carbocycles. The molecule has 342 valence electrons. The van der Waals surface area contributed by atoms with Crippen molar-refractivity contribution in [1.29, 1.82) is 0 Å². The topological polar surface area (TPSA) is 105 Å². The van der Waals surface area contributed by atoms with Crippen molar-refractivity contribution < 1.29 is 32.9 Å². The monoisotopic (exact) mass is 832 g/mol. The van der Waals surface area contributed by atoms with Gasteiger partial charge in [-0.05, 0) is 12.8 Å². The van der Waals surface area contributed by atoms with E-state index < -0.39 is 20.0 Å². The van der Waals surface area contributed by atoms with E-state index in [1.165, 1.54) is 186 Å². The third kappa shape index (κ3) is 43.4. The van der Waals surface area contributed by atoms with Gasteiger partial charge in [-0.25, -0.2) is 4.57 Å². The van der Waals surface area contributed by atoms with Crippen LogP contribution in [0.15, 0.2) is 0 Å². The number of phosphoric ester groups is 1. The molecule has 0 saturated heterocycles. The number of amides is 1. The lowest BCUT2D eigenvalue weighted by Crippen LogP contribution is -2.46. The number of likely N-dealkylation sites (N-methyl/N-ethyl adjacent to an activating group) is 1. The Hall–Kier alpha value is -0.500. The molecule has 3 N–H and O–H groups in total. The summed E-state index contributed by atoms with van der Waals surface area (Å²) in [5, 5.41) is 14.0.